The van der Waals surface area contributed by atoms with Crippen LogP contribution in [0.2, 0.25) is 0 Å². The first-order chi connectivity index (χ1) is 8.38. The molecule has 0 aromatic heterocycles. The van der Waals surface area contributed by atoms with Crippen LogP contribution in [0.25, 0.3) is 10.8 Å². The zero-order valence-electron chi connectivity index (χ0n) is 10.9. The van der Waals surface area contributed by atoms with Gasteiger partial charge in [0.15, 0.2) is 0 Å². The van der Waals surface area contributed by atoms with E-state index in [1.165, 1.54) is 30.7 Å². The van der Waals surface area contributed by atoms with Gasteiger partial charge < -0.3 is 11.5 Å². The topological polar surface area (TPSA) is 52.0 Å². The zero-order chi connectivity index (χ0) is 12.9. The van der Waals surface area contributed by atoms with Crippen molar-refractivity contribution in [3.05, 3.63) is 48.5 Å². The van der Waals surface area contributed by atoms with Crippen LogP contribution in [-0.4, -0.2) is 13.6 Å². The Labute approximate surface area is 105 Å². The van der Waals surface area contributed by atoms with Gasteiger partial charge in [-0.05, 0) is 30.8 Å². The van der Waals surface area contributed by atoms with Crippen LogP contribution >= 0.6 is 0 Å². The monoisotopic (exact) mass is 232 g/mol. The average molecular weight is 232 g/mol. The highest BCUT2D eigenvalue weighted by Gasteiger charge is 1.85. The standard InChI is InChI=1S/C10H8.C4H11N.CH5N/c1-2-6-10-8-4-3-7-9(10)5-1;1-2-3-4-5;1-2/h1-8H;2-5H2,1H3;2H2,1H3. The molecule has 0 saturated carbocycles. The second kappa shape index (κ2) is 11.1. The maximum absolute atomic E-state index is 5.14. The fourth-order valence-electron chi connectivity index (χ4n) is 1.34. The first kappa shape index (κ1) is 15.6. The molecule has 17 heavy (non-hydrogen) atoms. The summed E-state index contributed by atoms with van der Waals surface area (Å²) >= 11 is 0. The summed E-state index contributed by atoms with van der Waals surface area (Å²) in [5, 5.41) is 2.62. The van der Waals surface area contributed by atoms with Crippen molar-refractivity contribution in [2.45, 2.75) is 19.8 Å². The lowest BCUT2D eigenvalue weighted by Gasteiger charge is -1.92. The molecule has 0 saturated heterocycles. The Kier molecular flexibility index (Phi) is 10.2. The minimum atomic E-state index is 0.844. The Morgan fingerprint density at radius 2 is 1.18 bits per heavy atom. The number of unbranched alkanes of at least 4 members (excludes halogenated alkanes) is 1. The van der Waals surface area contributed by atoms with Gasteiger partial charge in [0.25, 0.3) is 0 Å². The van der Waals surface area contributed by atoms with Gasteiger partial charge in [0.1, 0.15) is 0 Å². The fraction of sp³-hybridized carbons (Fsp3) is 0.333. The lowest BCUT2D eigenvalue weighted by atomic mass is 10.1. The molecule has 0 amide bonds. The number of hydrogen-bond donors (Lipinski definition) is 2. The van der Waals surface area contributed by atoms with E-state index in [1.54, 1.807) is 0 Å². The molecule has 0 heterocycles. The van der Waals surface area contributed by atoms with Gasteiger partial charge >= 0.3 is 0 Å². The molecule has 2 nitrogen and oxygen atoms in total. The summed E-state index contributed by atoms with van der Waals surface area (Å²) in [7, 11) is 1.50. The molecule has 0 aliphatic carbocycles. The first-order valence-corrected chi connectivity index (χ1v) is 6.10. The Balaban J connectivity index is 0.000000315. The number of fused-ring (bicyclic) bond motifs is 1. The van der Waals surface area contributed by atoms with E-state index in [-0.39, 0.29) is 0 Å². The van der Waals surface area contributed by atoms with Crippen molar-refractivity contribution in [3.63, 3.8) is 0 Å². The van der Waals surface area contributed by atoms with E-state index in [2.05, 4.69) is 61.2 Å². The molecular formula is C15H24N2. The number of nitrogens with two attached hydrogens (primary N) is 2. The molecule has 4 N–H and O–H groups in total. The fourth-order valence-corrected chi connectivity index (χ4v) is 1.34. The normalized spacial score (nSPS) is 8.71. The van der Waals surface area contributed by atoms with E-state index in [9.17, 15) is 0 Å². The van der Waals surface area contributed by atoms with Crippen molar-refractivity contribution >= 4 is 10.8 Å². The Morgan fingerprint density at radius 3 is 1.35 bits per heavy atom. The lowest BCUT2D eigenvalue weighted by Crippen LogP contribution is -1.95. The molecule has 0 aliphatic heterocycles. The largest absolute Gasteiger partial charge is 0.333 e. The van der Waals surface area contributed by atoms with E-state index < -0.39 is 0 Å². The van der Waals surface area contributed by atoms with Crippen molar-refractivity contribution in [1.82, 2.24) is 0 Å². The molecule has 0 radical (unpaired) electrons. The van der Waals surface area contributed by atoms with E-state index >= 15 is 0 Å². The molecular weight excluding hydrogens is 208 g/mol. The third-order valence-electron chi connectivity index (χ3n) is 2.22. The van der Waals surface area contributed by atoms with Gasteiger partial charge in [-0.2, -0.15) is 0 Å². The van der Waals surface area contributed by atoms with E-state index in [0.717, 1.165) is 6.54 Å². The summed E-state index contributed by atoms with van der Waals surface area (Å²) in [4.78, 5) is 0. The second-order valence-corrected chi connectivity index (χ2v) is 3.49. The molecule has 0 bridgehead atoms. The van der Waals surface area contributed by atoms with Gasteiger partial charge in [0, 0.05) is 0 Å². The summed E-state index contributed by atoms with van der Waals surface area (Å²) in [5.74, 6) is 0. The predicted molar refractivity (Wildman–Crippen MR) is 78.0 cm³/mol. The van der Waals surface area contributed by atoms with Crippen molar-refractivity contribution in [3.8, 4) is 0 Å². The number of hydrogen-bond acceptors (Lipinski definition) is 2. The van der Waals surface area contributed by atoms with Crippen molar-refractivity contribution in [1.29, 1.82) is 0 Å². The molecule has 0 spiro atoms. The highest BCUT2D eigenvalue weighted by molar-refractivity contribution is 5.81. The van der Waals surface area contributed by atoms with Gasteiger partial charge in [0.05, 0.1) is 0 Å². The van der Waals surface area contributed by atoms with Crippen LogP contribution in [0.4, 0.5) is 0 Å². The maximum Gasteiger partial charge on any atom is -0.00774 e. The smallest absolute Gasteiger partial charge is 0.00774 e. The average Bonchev–Trinajstić information content (AvgIpc) is 2.43. The zero-order valence-corrected chi connectivity index (χ0v) is 10.9. The third-order valence-corrected chi connectivity index (χ3v) is 2.22. The molecule has 0 fully saturated rings. The second-order valence-electron chi connectivity index (χ2n) is 3.49. The van der Waals surface area contributed by atoms with Crippen LogP contribution in [0.1, 0.15) is 19.8 Å². The molecule has 2 rings (SSSR count). The molecule has 2 aromatic rings. The van der Waals surface area contributed by atoms with Crippen molar-refractivity contribution in [2.75, 3.05) is 13.6 Å². The summed E-state index contributed by atoms with van der Waals surface area (Å²) in [6.07, 6.45) is 2.39. The maximum atomic E-state index is 5.14. The summed E-state index contributed by atoms with van der Waals surface area (Å²) in [6.45, 7) is 2.98. The van der Waals surface area contributed by atoms with Gasteiger partial charge in [-0.1, -0.05) is 61.9 Å². The molecule has 2 heteroatoms. The first-order valence-electron chi connectivity index (χ1n) is 6.10. The van der Waals surface area contributed by atoms with Gasteiger partial charge in [0.2, 0.25) is 0 Å². The summed E-state index contributed by atoms with van der Waals surface area (Å²) < 4.78 is 0. The minimum absolute atomic E-state index is 0.844. The Hall–Kier alpha value is -1.38. The van der Waals surface area contributed by atoms with Crippen LogP contribution in [0.3, 0.4) is 0 Å². The van der Waals surface area contributed by atoms with E-state index in [0.29, 0.717) is 0 Å². The summed E-state index contributed by atoms with van der Waals surface area (Å²) in [6, 6.07) is 16.7. The molecule has 0 unspecified atom stereocenters. The van der Waals surface area contributed by atoms with Gasteiger partial charge in [-0.25, -0.2) is 0 Å². The quantitative estimate of drug-likeness (QED) is 0.835. The highest BCUT2D eigenvalue weighted by Crippen LogP contribution is 2.11. The van der Waals surface area contributed by atoms with Crippen LogP contribution in [0.5, 0.6) is 0 Å². The SMILES string of the molecule is CCCCN.CN.c1ccc2ccccc2c1. The third kappa shape index (κ3) is 6.72. The van der Waals surface area contributed by atoms with E-state index in [1.807, 2.05) is 0 Å². The highest BCUT2D eigenvalue weighted by atomic mass is 14.5. The molecule has 0 aliphatic rings. The molecule has 0 atom stereocenters. The van der Waals surface area contributed by atoms with Crippen LogP contribution in [0, 0.1) is 0 Å². The summed E-state index contributed by atoms with van der Waals surface area (Å²) in [5.41, 5.74) is 9.64. The van der Waals surface area contributed by atoms with Gasteiger partial charge in [-0.3, -0.25) is 0 Å². The lowest BCUT2D eigenvalue weighted by molar-refractivity contribution is 0.807. The number of benzene rings is 2. The van der Waals surface area contributed by atoms with Crippen LogP contribution in [-0.2, 0) is 0 Å². The number of rotatable bonds is 2. The Bertz CT molecular complexity index is 318. The van der Waals surface area contributed by atoms with Crippen LogP contribution < -0.4 is 11.5 Å². The van der Waals surface area contributed by atoms with Gasteiger partial charge in [-0.15, -0.1) is 0 Å². The van der Waals surface area contributed by atoms with E-state index in [4.69, 9.17) is 5.73 Å². The minimum Gasteiger partial charge on any atom is -0.333 e. The Morgan fingerprint density at radius 1 is 0.824 bits per heavy atom. The van der Waals surface area contributed by atoms with Crippen molar-refractivity contribution < 1.29 is 0 Å². The predicted octanol–water partition coefficient (Wildman–Crippen LogP) is 3.16. The van der Waals surface area contributed by atoms with Crippen molar-refractivity contribution in [2.24, 2.45) is 11.5 Å². The molecule has 2 aromatic carbocycles. The molecule has 94 valence electrons. The van der Waals surface area contributed by atoms with Crippen LogP contribution in [0.15, 0.2) is 48.5 Å².